The van der Waals surface area contributed by atoms with Crippen molar-refractivity contribution in [1.29, 1.82) is 0 Å². The van der Waals surface area contributed by atoms with Crippen molar-refractivity contribution >= 4 is 0 Å². The van der Waals surface area contributed by atoms with Gasteiger partial charge in [-0.2, -0.15) is 0 Å². The van der Waals surface area contributed by atoms with Gasteiger partial charge in [-0.3, -0.25) is 9.97 Å². The summed E-state index contributed by atoms with van der Waals surface area (Å²) in [5.41, 5.74) is 4.91. The Labute approximate surface area is 189 Å². The molecule has 0 aliphatic carbocycles. The standard InChI is InChI=1S/C10H15N.C10H14O.C8H11N/c1-4-9-6-5-7-10(11-9)8(2)3;1-8(2)9-4-6-10(11-3)7-5-9;1-7(2)8-5-3-4-6-9-8/h5-8H,4H2,1-3H3;4-8H,1-3H3;3-7H,1-2H3. The molecule has 0 aliphatic rings. The molecule has 0 aliphatic heterocycles. The predicted molar refractivity (Wildman–Crippen MR) is 133 cm³/mol. The molecule has 2 heterocycles. The summed E-state index contributed by atoms with van der Waals surface area (Å²) in [4.78, 5) is 8.67. The number of nitrogens with zero attached hydrogens (tertiary/aromatic N) is 2. The first kappa shape index (κ1) is 26.4. The third-order valence-electron chi connectivity index (χ3n) is 4.84. The Hall–Kier alpha value is -2.68. The number of rotatable bonds is 5. The molecule has 0 amide bonds. The highest BCUT2D eigenvalue weighted by molar-refractivity contribution is 5.28. The van der Waals surface area contributed by atoms with Crippen molar-refractivity contribution in [1.82, 2.24) is 9.97 Å². The average molecular weight is 421 g/mol. The van der Waals surface area contributed by atoms with Crippen LogP contribution in [-0.4, -0.2) is 17.1 Å². The van der Waals surface area contributed by atoms with Gasteiger partial charge in [-0.15, -0.1) is 0 Å². The van der Waals surface area contributed by atoms with Crippen molar-refractivity contribution in [3.05, 3.63) is 89.5 Å². The Morgan fingerprint density at radius 2 is 1.32 bits per heavy atom. The maximum absolute atomic E-state index is 5.05. The van der Waals surface area contributed by atoms with E-state index in [1.165, 1.54) is 17.0 Å². The monoisotopic (exact) mass is 420 g/mol. The number of benzene rings is 1. The van der Waals surface area contributed by atoms with Gasteiger partial charge in [0.15, 0.2) is 0 Å². The molecule has 0 fully saturated rings. The van der Waals surface area contributed by atoms with Crippen LogP contribution in [0.2, 0.25) is 0 Å². The zero-order chi connectivity index (χ0) is 23.2. The largest absolute Gasteiger partial charge is 0.497 e. The summed E-state index contributed by atoms with van der Waals surface area (Å²) in [6.45, 7) is 15.1. The number of ether oxygens (including phenoxy) is 1. The molecule has 3 rings (SSSR count). The van der Waals surface area contributed by atoms with E-state index in [1.807, 2.05) is 36.5 Å². The van der Waals surface area contributed by atoms with Crippen molar-refractivity contribution in [2.24, 2.45) is 0 Å². The van der Waals surface area contributed by atoms with Crippen molar-refractivity contribution < 1.29 is 4.74 Å². The van der Waals surface area contributed by atoms with E-state index < -0.39 is 0 Å². The zero-order valence-electron chi connectivity index (χ0n) is 20.6. The lowest BCUT2D eigenvalue weighted by atomic mass is 10.0. The highest BCUT2D eigenvalue weighted by Gasteiger charge is 2.00. The molecule has 0 atom stereocenters. The van der Waals surface area contributed by atoms with Crippen LogP contribution in [0.3, 0.4) is 0 Å². The minimum absolute atomic E-state index is 0.543. The second-order valence-electron chi connectivity index (χ2n) is 8.40. The van der Waals surface area contributed by atoms with E-state index >= 15 is 0 Å². The zero-order valence-corrected chi connectivity index (χ0v) is 20.6. The fourth-order valence-corrected chi connectivity index (χ4v) is 2.72. The SMILES string of the molecule is CC(C)c1ccccn1.CCc1cccc(C(C)C)n1.COc1ccc(C(C)C)cc1. The predicted octanol–water partition coefficient (Wildman–Crippen LogP) is 7.79. The molecule has 0 radical (unpaired) electrons. The van der Waals surface area contributed by atoms with Crippen LogP contribution < -0.4 is 4.74 Å². The third kappa shape index (κ3) is 10.3. The van der Waals surface area contributed by atoms with E-state index in [2.05, 4.69) is 88.8 Å². The first-order chi connectivity index (χ1) is 14.8. The molecule has 3 nitrogen and oxygen atoms in total. The number of hydrogen-bond acceptors (Lipinski definition) is 3. The van der Waals surface area contributed by atoms with Crippen LogP contribution in [-0.2, 0) is 6.42 Å². The van der Waals surface area contributed by atoms with Crippen LogP contribution in [0.4, 0.5) is 0 Å². The second kappa shape index (κ2) is 14.3. The molecular formula is C28H40N2O. The van der Waals surface area contributed by atoms with Gasteiger partial charge in [0.25, 0.3) is 0 Å². The summed E-state index contributed by atoms with van der Waals surface area (Å²) in [5, 5.41) is 0. The molecule has 1 aromatic carbocycles. The third-order valence-corrected chi connectivity index (χ3v) is 4.84. The minimum atomic E-state index is 0.543. The first-order valence-electron chi connectivity index (χ1n) is 11.3. The van der Waals surface area contributed by atoms with Gasteiger partial charge >= 0.3 is 0 Å². The van der Waals surface area contributed by atoms with Crippen molar-refractivity contribution in [3.8, 4) is 5.75 Å². The highest BCUT2D eigenvalue weighted by Crippen LogP contribution is 2.17. The van der Waals surface area contributed by atoms with E-state index in [9.17, 15) is 0 Å². The smallest absolute Gasteiger partial charge is 0.118 e. The summed E-state index contributed by atoms with van der Waals surface area (Å²) in [5.74, 6) is 2.61. The van der Waals surface area contributed by atoms with E-state index in [1.54, 1.807) is 7.11 Å². The van der Waals surface area contributed by atoms with Gasteiger partial charge in [0.1, 0.15) is 5.75 Å². The fraction of sp³-hybridized carbons (Fsp3) is 0.429. The average Bonchev–Trinajstić information content (AvgIpc) is 2.80. The maximum atomic E-state index is 5.05. The molecular weight excluding hydrogens is 380 g/mol. The number of aromatic nitrogens is 2. The second-order valence-corrected chi connectivity index (χ2v) is 8.40. The van der Waals surface area contributed by atoms with E-state index in [0.717, 1.165) is 17.9 Å². The van der Waals surface area contributed by atoms with Gasteiger partial charge in [-0.25, -0.2) is 0 Å². The molecule has 3 heteroatoms. The molecule has 0 unspecified atom stereocenters. The molecule has 0 saturated carbocycles. The lowest BCUT2D eigenvalue weighted by Crippen LogP contribution is -1.95. The molecule has 168 valence electrons. The van der Waals surface area contributed by atoms with E-state index in [0.29, 0.717) is 17.8 Å². The fourth-order valence-electron chi connectivity index (χ4n) is 2.72. The molecule has 0 spiro atoms. The summed E-state index contributed by atoms with van der Waals surface area (Å²) in [6.07, 6.45) is 2.86. The van der Waals surface area contributed by atoms with Gasteiger partial charge < -0.3 is 4.74 Å². The van der Waals surface area contributed by atoms with Gasteiger partial charge in [-0.05, 0) is 66.1 Å². The minimum Gasteiger partial charge on any atom is -0.497 e. The molecule has 0 bridgehead atoms. The Balaban J connectivity index is 0.000000234. The lowest BCUT2D eigenvalue weighted by molar-refractivity contribution is 0.414. The Morgan fingerprint density at radius 1 is 0.710 bits per heavy atom. The number of methoxy groups -OCH3 is 1. The number of aryl methyl sites for hydroxylation is 1. The number of hydrogen-bond donors (Lipinski definition) is 0. The summed E-state index contributed by atoms with van der Waals surface area (Å²) in [6, 6.07) is 20.4. The van der Waals surface area contributed by atoms with Crippen molar-refractivity contribution in [3.63, 3.8) is 0 Å². The lowest BCUT2D eigenvalue weighted by Gasteiger charge is -2.05. The quantitative estimate of drug-likeness (QED) is 0.422. The molecule has 0 N–H and O–H groups in total. The van der Waals surface area contributed by atoms with Gasteiger partial charge in [0.05, 0.1) is 7.11 Å². The number of pyridine rings is 2. The van der Waals surface area contributed by atoms with Gasteiger partial charge in [-0.1, -0.05) is 72.7 Å². The summed E-state index contributed by atoms with van der Waals surface area (Å²) in [7, 11) is 1.68. The van der Waals surface area contributed by atoms with E-state index in [-0.39, 0.29) is 0 Å². The summed E-state index contributed by atoms with van der Waals surface area (Å²) >= 11 is 0. The maximum Gasteiger partial charge on any atom is 0.118 e. The van der Waals surface area contributed by atoms with Crippen LogP contribution in [0.5, 0.6) is 5.75 Å². The van der Waals surface area contributed by atoms with Gasteiger partial charge in [0.2, 0.25) is 0 Å². The molecule has 2 aromatic heterocycles. The molecule has 31 heavy (non-hydrogen) atoms. The topological polar surface area (TPSA) is 35.0 Å². The van der Waals surface area contributed by atoms with Crippen LogP contribution >= 0.6 is 0 Å². The van der Waals surface area contributed by atoms with E-state index in [4.69, 9.17) is 4.74 Å². The van der Waals surface area contributed by atoms with Crippen molar-refractivity contribution in [2.75, 3.05) is 7.11 Å². The van der Waals surface area contributed by atoms with Crippen LogP contribution in [0.25, 0.3) is 0 Å². The normalized spacial score (nSPS) is 10.3. The molecule has 0 saturated heterocycles. The highest BCUT2D eigenvalue weighted by atomic mass is 16.5. The Kier molecular flexibility index (Phi) is 12.2. The van der Waals surface area contributed by atoms with Crippen LogP contribution in [0.15, 0.2) is 66.9 Å². The van der Waals surface area contributed by atoms with Crippen molar-refractivity contribution in [2.45, 2.75) is 72.6 Å². The van der Waals surface area contributed by atoms with Gasteiger partial charge in [0, 0.05) is 23.3 Å². The Bertz CT molecular complexity index is 840. The Morgan fingerprint density at radius 3 is 1.74 bits per heavy atom. The molecule has 3 aromatic rings. The first-order valence-corrected chi connectivity index (χ1v) is 11.3. The van der Waals surface area contributed by atoms with Crippen LogP contribution in [0, 0.1) is 0 Å². The van der Waals surface area contributed by atoms with Crippen LogP contribution in [0.1, 0.15) is 88.9 Å². The summed E-state index contributed by atoms with van der Waals surface area (Å²) < 4.78 is 5.05.